The Hall–Kier alpha value is -1.44. The fourth-order valence-corrected chi connectivity index (χ4v) is 3.12. The lowest BCUT2D eigenvalue weighted by Gasteiger charge is -2.19. The standard InChI is InChI=1S/C13H19NO5S/c1-8-5-10(12(15)16)6-11(9(8)2)20(18,19)14-7-13(3,4)17/h5-6,14,17H,7H2,1-4H3,(H,15,16). The predicted octanol–water partition coefficient (Wildman–Crippen LogP) is 1.05. The first-order valence-corrected chi connectivity index (χ1v) is 7.49. The Bertz CT molecular complexity index is 629. The van der Waals surface area contributed by atoms with Crippen molar-refractivity contribution in [3.8, 4) is 0 Å². The van der Waals surface area contributed by atoms with Crippen LogP contribution in [0.3, 0.4) is 0 Å². The number of hydrogen-bond donors (Lipinski definition) is 3. The second-order valence-corrected chi connectivity index (χ2v) is 7.09. The van der Waals surface area contributed by atoms with Gasteiger partial charge >= 0.3 is 5.97 Å². The summed E-state index contributed by atoms with van der Waals surface area (Å²) in [6.07, 6.45) is 0. The Kier molecular flexibility index (Phi) is 4.58. The van der Waals surface area contributed by atoms with Crippen LogP contribution in [-0.4, -0.2) is 36.7 Å². The lowest BCUT2D eigenvalue weighted by molar-refractivity contribution is 0.0696. The molecule has 0 atom stereocenters. The molecule has 3 N–H and O–H groups in total. The van der Waals surface area contributed by atoms with Crippen LogP contribution in [0.2, 0.25) is 0 Å². The molecule has 1 aromatic rings. The molecule has 112 valence electrons. The maximum atomic E-state index is 12.2. The fraction of sp³-hybridized carbons (Fsp3) is 0.462. The van der Waals surface area contributed by atoms with E-state index >= 15 is 0 Å². The van der Waals surface area contributed by atoms with Crippen LogP contribution in [0.15, 0.2) is 17.0 Å². The molecule has 0 aromatic heterocycles. The van der Waals surface area contributed by atoms with Crippen molar-refractivity contribution in [1.29, 1.82) is 0 Å². The van der Waals surface area contributed by atoms with E-state index in [0.717, 1.165) is 6.07 Å². The third kappa shape index (κ3) is 4.03. The van der Waals surface area contributed by atoms with E-state index < -0.39 is 21.6 Å². The summed E-state index contributed by atoms with van der Waals surface area (Å²) < 4.78 is 26.7. The minimum Gasteiger partial charge on any atom is -0.478 e. The maximum absolute atomic E-state index is 12.2. The van der Waals surface area contributed by atoms with E-state index in [4.69, 9.17) is 5.11 Å². The Labute approximate surface area is 118 Å². The number of rotatable bonds is 5. The van der Waals surface area contributed by atoms with Crippen molar-refractivity contribution in [2.75, 3.05) is 6.54 Å². The average Bonchev–Trinajstić information content (AvgIpc) is 2.28. The molecule has 1 rings (SSSR count). The number of carboxylic acids is 1. The quantitative estimate of drug-likeness (QED) is 0.754. The summed E-state index contributed by atoms with van der Waals surface area (Å²) in [6.45, 7) is 6.05. The van der Waals surface area contributed by atoms with Crippen molar-refractivity contribution in [3.05, 3.63) is 28.8 Å². The molecule has 0 aliphatic carbocycles. The van der Waals surface area contributed by atoms with Gasteiger partial charge in [0.05, 0.1) is 16.1 Å². The number of carboxylic acid groups (broad SMARTS) is 1. The van der Waals surface area contributed by atoms with E-state index in [1.165, 1.54) is 19.9 Å². The molecule has 0 fully saturated rings. The van der Waals surface area contributed by atoms with Crippen LogP contribution < -0.4 is 4.72 Å². The summed E-state index contributed by atoms with van der Waals surface area (Å²) in [6, 6.07) is 2.55. The van der Waals surface area contributed by atoms with Crippen LogP contribution in [0.1, 0.15) is 35.3 Å². The van der Waals surface area contributed by atoms with E-state index in [1.807, 2.05) is 0 Å². The van der Waals surface area contributed by atoms with Crippen LogP contribution in [0.25, 0.3) is 0 Å². The van der Waals surface area contributed by atoms with Gasteiger partial charge < -0.3 is 10.2 Å². The molecular weight excluding hydrogens is 282 g/mol. The number of sulfonamides is 1. The molecule has 0 aliphatic heterocycles. The lowest BCUT2D eigenvalue weighted by Crippen LogP contribution is -2.38. The number of aliphatic hydroxyl groups is 1. The molecule has 1 aromatic carbocycles. The number of hydrogen-bond acceptors (Lipinski definition) is 4. The van der Waals surface area contributed by atoms with E-state index in [0.29, 0.717) is 11.1 Å². The minimum atomic E-state index is -3.88. The zero-order valence-corrected chi connectivity index (χ0v) is 12.7. The monoisotopic (exact) mass is 301 g/mol. The van der Waals surface area contributed by atoms with E-state index in [9.17, 15) is 18.3 Å². The second-order valence-electron chi connectivity index (χ2n) is 5.36. The first kappa shape index (κ1) is 16.6. The van der Waals surface area contributed by atoms with Gasteiger partial charge in [-0.15, -0.1) is 0 Å². The zero-order valence-electron chi connectivity index (χ0n) is 11.9. The van der Waals surface area contributed by atoms with Crippen molar-refractivity contribution in [2.45, 2.75) is 38.2 Å². The van der Waals surface area contributed by atoms with Crippen molar-refractivity contribution in [3.63, 3.8) is 0 Å². The van der Waals surface area contributed by atoms with Gasteiger partial charge in [0.25, 0.3) is 0 Å². The van der Waals surface area contributed by atoms with Gasteiger partial charge in [0.2, 0.25) is 10.0 Å². The van der Waals surface area contributed by atoms with Crippen LogP contribution in [0, 0.1) is 13.8 Å². The fourth-order valence-electron chi connectivity index (χ4n) is 1.58. The van der Waals surface area contributed by atoms with Crippen LogP contribution >= 0.6 is 0 Å². The van der Waals surface area contributed by atoms with Crippen molar-refractivity contribution in [2.24, 2.45) is 0 Å². The van der Waals surface area contributed by atoms with Gasteiger partial charge in [0, 0.05) is 6.54 Å². The van der Waals surface area contributed by atoms with Gasteiger partial charge in [-0.05, 0) is 51.0 Å². The highest BCUT2D eigenvalue weighted by molar-refractivity contribution is 7.89. The summed E-state index contributed by atoms with van der Waals surface area (Å²) in [5.74, 6) is -1.19. The molecule has 20 heavy (non-hydrogen) atoms. The van der Waals surface area contributed by atoms with Crippen LogP contribution in [0.5, 0.6) is 0 Å². The first-order chi connectivity index (χ1) is 8.94. The molecule has 0 saturated carbocycles. The third-order valence-corrected chi connectivity index (χ3v) is 4.38. The average molecular weight is 301 g/mol. The molecule has 0 bridgehead atoms. The predicted molar refractivity (Wildman–Crippen MR) is 74.4 cm³/mol. The van der Waals surface area contributed by atoms with Gasteiger partial charge in [-0.25, -0.2) is 17.9 Å². The third-order valence-electron chi connectivity index (χ3n) is 2.85. The highest BCUT2D eigenvalue weighted by atomic mass is 32.2. The smallest absolute Gasteiger partial charge is 0.335 e. The molecule has 0 spiro atoms. The SMILES string of the molecule is Cc1cc(C(=O)O)cc(S(=O)(=O)NCC(C)(C)O)c1C. The van der Waals surface area contributed by atoms with Crippen molar-refractivity contribution < 1.29 is 23.4 Å². The molecule has 0 aliphatic rings. The van der Waals surface area contributed by atoms with Gasteiger partial charge in [-0.1, -0.05) is 0 Å². The molecule has 6 nitrogen and oxygen atoms in total. The molecule has 7 heteroatoms. The summed E-state index contributed by atoms with van der Waals surface area (Å²) in [5, 5.41) is 18.6. The topological polar surface area (TPSA) is 104 Å². The number of nitrogens with one attached hydrogen (secondary N) is 1. The van der Waals surface area contributed by atoms with Gasteiger partial charge in [-0.2, -0.15) is 0 Å². The molecule has 0 heterocycles. The summed E-state index contributed by atoms with van der Waals surface area (Å²) in [7, 11) is -3.88. The highest BCUT2D eigenvalue weighted by Gasteiger charge is 2.23. The van der Waals surface area contributed by atoms with Crippen molar-refractivity contribution >= 4 is 16.0 Å². The normalized spacial score (nSPS) is 12.4. The Balaban J connectivity index is 3.27. The Morgan fingerprint density at radius 3 is 2.30 bits per heavy atom. The minimum absolute atomic E-state index is 0.0841. The zero-order chi connectivity index (χ0) is 15.7. The molecular formula is C13H19NO5S. The number of benzene rings is 1. The van der Waals surface area contributed by atoms with Gasteiger partial charge in [0.15, 0.2) is 0 Å². The Morgan fingerprint density at radius 1 is 1.30 bits per heavy atom. The first-order valence-electron chi connectivity index (χ1n) is 6.00. The number of aryl methyl sites for hydroxylation is 1. The largest absolute Gasteiger partial charge is 0.478 e. The molecule has 0 amide bonds. The number of aromatic carboxylic acids is 1. The van der Waals surface area contributed by atoms with E-state index in [-0.39, 0.29) is 17.0 Å². The van der Waals surface area contributed by atoms with Crippen molar-refractivity contribution in [1.82, 2.24) is 4.72 Å². The highest BCUT2D eigenvalue weighted by Crippen LogP contribution is 2.21. The Morgan fingerprint density at radius 2 is 1.85 bits per heavy atom. The van der Waals surface area contributed by atoms with Gasteiger partial charge in [0.1, 0.15) is 0 Å². The number of carbonyl (C=O) groups is 1. The molecule has 0 saturated heterocycles. The van der Waals surface area contributed by atoms with Gasteiger partial charge in [-0.3, -0.25) is 0 Å². The summed E-state index contributed by atoms with van der Waals surface area (Å²) in [5.41, 5.74) is -0.219. The van der Waals surface area contributed by atoms with Crippen LogP contribution in [-0.2, 0) is 10.0 Å². The lowest BCUT2D eigenvalue weighted by atomic mass is 10.1. The van der Waals surface area contributed by atoms with E-state index in [1.54, 1.807) is 13.8 Å². The second kappa shape index (κ2) is 5.51. The summed E-state index contributed by atoms with van der Waals surface area (Å²) >= 11 is 0. The van der Waals surface area contributed by atoms with E-state index in [2.05, 4.69) is 4.72 Å². The molecule has 0 radical (unpaired) electrons. The summed E-state index contributed by atoms with van der Waals surface area (Å²) in [4.78, 5) is 10.9. The molecule has 0 unspecified atom stereocenters. The van der Waals surface area contributed by atoms with Crippen LogP contribution in [0.4, 0.5) is 0 Å². The maximum Gasteiger partial charge on any atom is 0.335 e.